The van der Waals surface area contributed by atoms with Crippen molar-refractivity contribution in [1.29, 1.82) is 0 Å². The first-order valence-corrected chi connectivity index (χ1v) is 8.38. The average Bonchev–Trinajstić information content (AvgIpc) is 2.42. The minimum atomic E-state index is -3.86. The molecule has 0 amide bonds. The smallest absolute Gasteiger partial charge is 0.261 e. The van der Waals surface area contributed by atoms with Crippen LogP contribution in [0.1, 0.15) is 11.1 Å². The number of benzene rings is 2. The summed E-state index contributed by atoms with van der Waals surface area (Å²) in [6.45, 7) is 2.09. The van der Waals surface area contributed by atoms with Crippen LogP contribution in [0.2, 0.25) is 0 Å². The van der Waals surface area contributed by atoms with Gasteiger partial charge in [0, 0.05) is 11.0 Å². The lowest BCUT2D eigenvalue weighted by Crippen LogP contribution is -2.15. The van der Waals surface area contributed by atoms with Crippen LogP contribution in [0.15, 0.2) is 45.8 Å². The zero-order valence-electron chi connectivity index (χ0n) is 11.2. The van der Waals surface area contributed by atoms with Gasteiger partial charge < -0.3 is 5.73 Å². The zero-order valence-corrected chi connectivity index (χ0v) is 13.6. The van der Waals surface area contributed by atoms with Crippen molar-refractivity contribution in [1.82, 2.24) is 0 Å². The van der Waals surface area contributed by atoms with Crippen LogP contribution < -0.4 is 10.5 Å². The topological polar surface area (TPSA) is 72.2 Å². The predicted octanol–water partition coefficient (Wildman–Crippen LogP) is 3.16. The molecule has 2 aromatic carbocycles. The Morgan fingerprint density at radius 2 is 1.95 bits per heavy atom. The highest BCUT2D eigenvalue weighted by Gasteiger charge is 2.17. The number of rotatable bonds is 4. The fraction of sp³-hybridized carbons (Fsp3) is 0.143. The molecule has 0 saturated heterocycles. The minimum absolute atomic E-state index is 0.0517. The SMILES string of the molecule is Cc1ccc(S(=O)(=O)Nc2ccc(Br)cc2F)cc1CN. The van der Waals surface area contributed by atoms with E-state index in [9.17, 15) is 12.8 Å². The zero-order chi connectivity index (χ0) is 15.6. The molecule has 21 heavy (non-hydrogen) atoms. The lowest BCUT2D eigenvalue weighted by molar-refractivity contribution is 0.598. The summed E-state index contributed by atoms with van der Waals surface area (Å²) in [6, 6.07) is 8.74. The predicted molar refractivity (Wildman–Crippen MR) is 84.0 cm³/mol. The van der Waals surface area contributed by atoms with E-state index in [2.05, 4.69) is 20.7 Å². The highest BCUT2D eigenvalue weighted by atomic mass is 79.9. The van der Waals surface area contributed by atoms with Gasteiger partial charge in [-0.25, -0.2) is 12.8 Å². The average molecular weight is 373 g/mol. The molecule has 0 aliphatic carbocycles. The van der Waals surface area contributed by atoms with E-state index in [1.165, 1.54) is 24.3 Å². The molecule has 0 heterocycles. The van der Waals surface area contributed by atoms with Crippen LogP contribution in [0.4, 0.5) is 10.1 Å². The van der Waals surface area contributed by atoms with Crippen molar-refractivity contribution in [2.24, 2.45) is 5.73 Å². The summed E-state index contributed by atoms with van der Waals surface area (Å²) < 4.78 is 41.1. The van der Waals surface area contributed by atoms with Crippen molar-refractivity contribution in [3.63, 3.8) is 0 Å². The highest BCUT2D eigenvalue weighted by Crippen LogP contribution is 2.23. The number of anilines is 1. The number of nitrogens with two attached hydrogens (primary N) is 1. The minimum Gasteiger partial charge on any atom is -0.326 e. The molecule has 0 aromatic heterocycles. The standard InChI is InChI=1S/C14H14BrFN2O2S/c1-9-2-4-12(6-10(9)8-17)21(19,20)18-14-5-3-11(15)7-13(14)16/h2-7,18H,8,17H2,1H3. The van der Waals surface area contributed by atoms with E-state index in [4.69, 9.17) is 5.73 Å². The van der Waals surface area contributed by atoms with Gasteiger partial charge in [-0.2, -0.15) is 0 Å². The number of halogens is 2. The second-order valence-electron chi connectivity index (χ2n) is 4.52. The molecule has 112 valence electrons. The first kappa shape index (κ1) is 15.9. The first-order chi connectivity index (χ1) is 9.83. The van der Waals surface area contributed by atoms with E-state index in [-0.39, 0.29) is 17.1 Å². The van der Waals surface area contributed by atoms with E-state index in [0.717, 1.165) is 11.1 Å². The Labute approximate surface area is 131 Å². The summed E-state index contributed by atoms with van der Waals surface area (Å²) in [5, 5.41) is 0. The molecule has 0 aliphatic rings. The largest absolute Gasteiger partial charge is 0.326 e. The third kappa shape index (κ3) is 3.61. The molecule has 3 N–H and O–H groups in total. The van der Waals surface area contributed by atoms with Gasteiger partial charge in [-0.05, 0) is 48.4 Å². The maximum absolute atomic E-state index is 13.7. The normalized spacial score (nSPS) is 11.4. The molecule has 0 saturated carbocycles. The van der Waals surface area contributed by atoms with Crippen LogP contribution in [0, 0.1) is 12.7 Å². The molecule has 0 spiro atoms. The molecule has 2 rings (SSSR count). The van der Waals surface area contributed by atoms with Crippen LogP contribution >= 0.6 is 15.9 Å². The fourth-order valence-electron chi connectivity index (χ4n) is 1.81. The first-order valence-electron chi connectivity index (χ1n) is 6.11. The van der Waals surface area contributed by atoms with Gasteiger partial charge in [-0.1, -0.05) is 22.0 Å². The van der Waals surface area contributed by atoms with Crippen molar-refractivity contribution in [3.05, 3.63) is 57.8 Å². The maximum Gasteiger partial charge on any atom is 0.261 e. The van der Waals surface area contributed by atoms with E-state index in [1.54, 1.807) is 12.1 Å². The lowest BCUT2D eigenvalue weighted by atomic mass is 10.1. The van der Waals surface area contributed by atoms with Gasteiger partial charge in [0.05, 0.1) is 10.6 Å². The third-order valence-corrected chi connectivity index (χ3v) is 4.88. The molecular weight excluding hydrogens is 359 g/mol. The Morgan fingerprint density at radius 3 is 2.57 bits per heavy atom. The second kappa shape index (κ2) is 6.13. The molecule has 4 nitrogen and oxygen atoms in total. The number of hydrogen-bond donors (Lipinski definition) is 2. The van der Waals surface area contributed by atoms with Crippen molar-refractivity contribution < 1.29 is 12.8 Å². The molecule has 0 fully saturated rings. The van der Waals surface area contributed by atoms with Gasteiger partial charge >= 0.3 is 0 Å². The van der Waals surface area contributed by atoms with Gasteiger partial charge in [0.1, 0.15) is 5.82 Å². The van der Waals surface area contributed by atoms with E-state index >= 15 is 0 Å². The van der Waals surface area contributed by atoms with Crippen LogP contribution in [0.5, 0.6) is 0 Å². The summed E-state index contributed by atoms with van der Waals surface area (Å²) in [7, 11) is -3.86. The van der Waals surface area contributed by atoms with Crippen molar-refractivity contribution in [3.8, 4) is 0 Å². The number of aryl methyl sites for hydroxylation is 1. The van der Waals surface area contributed by atoms with Gasteiger partial charge in [0.25, 0.3) is 10.0 Å². The molecule has 0 bridgehead atoms. The number of sulfonamides is 1. The quantitative estimate of drug-likeness (QED) is 0.865. The van der Waals surface area contributed by atoms with E-state index < -0.39 is 15.8 Å². The Bertz CT molecular complexity index is 779. The summed E-state index contributed by atoms with van der Waals surface area (Å²) in [6.07, 6.45) is 0. The molecule has 0 atom stereocenters. The lowest BCUT2D eigenvalue weighted by Gasteiger charge is -2.11. The van der Waals surface area contributed by atoms with E-state index in [1.807, 2.05) is 6.92 Å². The summed E-state index contributed by atoms with van der Waals surface area (Å²) >= 11 is 3.12. The molecule has 0 radical (unpaired) electrons. The Balaban J connectivity index is 2.38. The maximum atomic E-state index is 13.7. The summed E-state index contributed by atoms with van der Waals surface area (Å²) in [5.74, 6) is -0.654. The van der Waals surface area contributed by atoms with Crippen LogP contribution in [0.3, 0.4) is 0 Å². The Kier molecular flexibility index (Phi) is 4.65. The molecule has 0 unspecified atom stereocenters. The second-order valence-corrected chi connectivity index (χ2v) is 7.12. The van der Waals surface area contributed by atoms with Gasteiger partial charge in [-0.15, -0.1) is 0 Å². The monoisotopic (exact) mass is 372 g/mol. The summed E-state index contributed by atoms with van der Waals surface area (Å²) in [4.78, 5) is 0.0517. The van der Waals surface area contributed by atoms with E-state index in [0.29, 0.717) is 4.47 Å². The van der Waals surface area contributed by atoms with Crippen molar-refractivity contribution in [2.45, 2.75) is 18.4 Å². The van der Waals surface area contributed by atoms with Crippen molar-refractivity contribution >= 4 is 31.6 Å². The van der Waals surface area contributed by atoms with Gasteiger partial charge in [0.15, 0.2) is 0 Å². The fourth-order valence-corrected chi connectivity index (χ4v) is 3.26. The summed E-state index contributed by atoms with van der Waals surface area (Å²) in [5.41, 5.74) is 7.11. The Morgan fingerprint density at radius 1 is 1.24 bits per heavy atom. The highest BCUT2D eigenvalue weighted by molar-refractivity contribution is 9.10. The van der Waals surface area contributed by atoms with Gasteiger partial charge in [0.2, 0.25) is 0 Å². The number of nitrogens with one attached hydrogen (secondary N) is 1. The molecule has 7 heteroatoms. The van der Waals surface area contributed by atoms with Crippen LogP contribution in [0.25, 0.3) is 0 Å². The Hall–Kier alpha value is -1.44. The van der Waals surface area contributed by atoms with Crippen LogP contribution in [-0.2, 0) is 16.6 Å². The van der Waals surface area contributed by atoms with Gasteiger partial charge in [-0.3, -0.25) is 4.72 Å². The number of hydrogen-bond acceptors (Lipinski definition) is 3. The third-order valence-electron chi connectivity index (χ3n) is 3.03. The van der Waals surface area contributed by atoms with Crippen LogP contribution in [-0.4, -0.2) is 8.42 Å². The van der Waals surface area contributed by atoms with Crippen molar-refractivity contribution in [2.75, 3.05) is 4.72 Å². The molecular formula is C14H14BrFN2O2S. The molecule has 2 aromatic rings. The molecule has 0 aliphatic heterocycles.